The zero-order valence-corrected chi connectivity index (χ0v) is 19.0. The maximum Gasteiger partial charge on any atom is 0.259 e. The fraction of sp³-hybridized carbons (Fsp3) is 0.190. The van der Waals surface area contributed by atoms with Crippen molar-refractivity contribution in [2.75, 3.05) is 31.3 Å². The number of hydrogen-bond acceptors (Lipinski definition) is 8. The second-order valence-corrected chi connectivity index (χ2v) is 8.80. The first kappa shape index (κ1) is 23.9. The molecule has 12 heteroatoms. The summed E-state index contributed by atoms with van der Waals surface area (Å²) in [5.74, 6) is -0.434. The summed E-state index contributed by atoms with van der Waals surface area (Å²) in [5.41, 5.74) is 1.39. The third-order valence-corrected chi connectivity index (χ3v) is 5.53. The maximum atomic E-state index is 14.3. The lowest BCUT2D eigenvalue weighted by Crippen LogP contribution is -2.27. The molecule has 4 N–H and O–H groups in total. The van der Waals surface area contributed by atoms with Crippen molar-refractivity contribution < 1.29 is 22.3 Å². The first-order valence-electron chi connectivity index (χ1n) is 9.66. The molecule has 0 aliphatic heterocycles. The number of sulfonamides is 1. The average molecular weight is 475 g/mol. The van der Waals surface area contributed by atoms with Gasteiger partial charge in [0.1, 0.15) is 5.75 Å². The summed E-state index contributed by atoms with van der Waals surface area (Å²) in [6.07, 6.45) is 0.983. The van der Waals surface area contributed by atoms with Crippen LogP contribution in [0.4, 0.5) is 27.5 Å². The summed E-state index contributed by atoms with van der Waals surface area (Å²) >= 11 is 0. The molecule has 0 saturated carbocycles. The Balaban J connectivity index is 1.73. The van der Waals surface area contributed by atoms with Gasteiger partial charge in [0.05, 0.1) is 11.1 Å². The molecule has 33 heavy (non-hydrogen) atoms. The van der Waals surface area contributed by atoms with E-state index in [0.29, 0.717) is 22.7 Å². The van der Waals surface area contributed by atoms with Crippen molar-refractivity contribution in [2.45, 2.75) is 11.8 Å². The molecular formula is C21H23FN6O4S. The molecule has 1 aromatic heterocycles. The Morgan fingerprint density at radius 2 is 1.79 bits per heavy atom. The van der Waals surface area contributed by atoms with Gasteiger partial charge in [-0.3, -0.25) is 4.79 Å². The van der Waals surface area contributed by atoms with Crippen LogP contribution in [0.25, 0.3) is 0 Å². The molecule has 10 nitrogen and oxygen atoms in total. The largest absolute Gasteiger partial charge is 0.484 e. The molecule has 0 atom stereocenters. The fourth-order valence-corrected chi connectivity index (χ4v) is 3.48. The number of ether oxygens (including phenoxy) is 1. The highest BCUT2D eigenvalue weighted by Gasteiger charge is 2.14. The number of amides is 1. The molecule has 1 amide bonds. The van der Waals surface area contributed by atoms with Crippen LogP contribution in [-0.4, -0.2) is 49.9 Å². The molecule has 0 radical (unpaired) electrons. The van der Waals surface area contributed by atoms with Gasteiger partial charge in [-0.25, -0.2) is 22.9 Å². The monoisotopic (exact) mass is 474 g/mol. The van der Waals surface area contributed by atoms with Crippen LogP contribution < -0.4 is 20.5 Å². The van der Waals surface area contributed by atoms with E-state index >= 15 is 0 Å². The Kier molecular flexibility index (Phi) is 7.09. The standard InChI is InChI=1S/C21H23FN6O4S/c1-13-4-5-15(10-18(13)33(23,30)31)26-21-24-11-17(22)20(27-21)25-14-6-8-16(9-7-14)32-12-19(29)28(2)3/h4-11H,12H2,1-3H3,(H2,23,30,31)(H2,24,25,26,27). The number of nitrogens with one attached hydrogen (secondary N) is 2. The minimum absolute atomic E-state index is 0.0393. The number of nitrogens with two attached hydrogens (primary N) is 1. The second kappa shape index (κ2) is 9.79. The van der Waals surface area contributed by atoms with Crippen molar-refractivity contribution in [3.8, 4) is 5.75 Å². The van der Waals surface area contributed by atoms with Crippen molar-refractivity contribution in [1.29, 1.82) is 0 Å². The summed E-state index contributed by atoms with van der Waals surface area (Å²) in [6, 6.07) is 11.1. The van der Waals surface area contributed by atoms with E-state index in [0.717, 1.165) is 6.20 Å². The molecule has 3 aromatic rings. The maximum absolute atomic E-state index is 14.3. The van der Waals surface area contributed by atoms with E-state index in [1.165, 1.54) is 11.0 Å². The van der Waals surface area contributed by atoms with E-state index in [9.17, 15) is 17.6 Å². The van der Waals surface area contributed by atoms with Crippen LogP contribution in [0.3, 0.4) is 0 Å². The van der Waals surface area contributed by atoms with E-state index in [2.05, 4.69) is 20.6 Å². The lowest BCUT2D eigenvalue weighted by molar-refractivity contribution is -0.130. The van der Waals surface area contributed by atoms with Crippen molar-refractivity contribution in [1.82, 2.24) is 14.9 Å². The zero-order valence-electron chi connectivity index (χ0n) is 18.2. The zero-order chi connectivity index (χ0) is 24.2. The van der Waals surface area contributed by atoms with Crippen molar-refractivity contribution in [2.24, 2.45) is 5.14 Å². The second-order valence-electron chi connectivity index (χ2n) is 7.27. The van der Waals surface area contributed by atoms with Gasteiger partial charge in [0.25, 0.3) is 5.91 Å². The fourth-order valence-electron chi connectivity index (χ4n) is 2.67. The number of halogens is 1. The van der Waals surface area contributed by atoms with Crippen LogP contribution >= 0.6 is 0 Å². The predicted octanol–water partition coefficient (Wildman–Crippen LogP) is 2.53. The summed E-state index contributed by atoms with van der Waals surface area (Å²) in [4.78, 5) is 21.0. The van der Waals surface area contributed by atoms with E-state index < -0.39 is 15.8 Å². The summed E-state index contributed by atoms with van der Waals surface area (Å²) in [7, 11) is -0.635. The smallest absolute Gasteiger partial charge is 0.259 e. The number of aryl methyl sites for hydroxylation is 1. The normalized spacial score (nSPS) is 11.1. The van der Waals surface area contributed by atoms with Crippen molar-refractivity contribution in [3.63, 3.8) is 0 Å². The molecule has 0 spiro atoms. The van der Waals surface area contributed by atoms with Crippen LogP contribution in [0.5, 0.6) is 5.75 Å². The van der Waals surface area contributed by atoms with Crippen LogP contribution in [0.1, 0.15) is 5.56 Å². The van der Waals surface area contributed by atoms with Crippen LogP contribution in [-0.2, 0) is 14.8 Å². The number of aromatic nitrogens is 2. The quantitative estimate of drug-likeness (QED) is 0.453. The molecule has 174 valence electrons. The van der Waals surface area contributed by atoms with Crippen LogP contribution in [0.15, 0.2) is 53.6 Å². The molecular weight excluding hydrogens is 451 g/mol. The minimum Gasteiger partial charge on any atom is -0.484 e. The molecule has 0 aliphatic carbocycles. The Morgan fingerprint density at radius 3 is 2.42 bits per heavy atom. The summed E-state index contributed by atoms with van der Waals surface area (Å²) in [5, 5.41) is 10.9. The van der Waals surface area contributed by atoms with E-state index in [4.69, 9.17) is 9.88 Å². The van der Waals surface area contributed by atoms with Gasteiger partial charge in [-0.15, -0.1) is 0 Å². The molecule has 0 unspecified atom stereocenters. The van der Waals surface area contributed by atoms with Crippen molar-refractivity contribution >= 4 is 39.1 Å². The average Bonchev–Trinajstić information content (AvgIpc) is 2.75. The molecule has 0 aliphatic rings. The number of hydrogen-bond donors (Lipinski definition) is 3. The van der Waals surface area contributed by atoms with Gasteiger partial charge >= 0.3 is 0 Å². The summed E-state index contributed by atoms with van der Waals surface area (Å²) < 4.78 is 43.1. The minimum atomic E-state index is -3.91. The number of rotatable bonds is 8. The number of benzene rings is 2. The number of primary sulfonamides is 1. The van der Waals surface area contributed by atoms with Gasteiger partial charge in [-0.1, -0.05) is 6.07 Å². The van der Waals surface area contributed by atoms with Crippen molar-refractivity contribution in [3.05, 3.63) is 60.0 Å². The van der Waals surface area contributed by atoms with E-state index in [-0.39, 0.29) is 29.2 Å². The first-order valence-corrected chi connectivity index (χ1v) is 11.2. The predicted molar refractivity (Wildman–Crippen MR) is 122 cm³/mol. The van der Waals surface area contributed by atoms with Gasteiger partial charge in [-0.2, -0.15) is 4.98 Å². The van der Waals surface area contributed by atoms with Gasteiger partial charge < -0.3 is 20.3 Å². The highest BCUT2D eigenvalue weighted by molar-refractivity contribution is 7.89. The lowest BCUT2D eigenvalue weighted by atomic mass is 10.2. The molecule has 0 saturated heterocycles. The molecule has 2 aromatic carbocycles. The van der Waals surface area contributed by atoms with Gasteiger partial charge in [-0.05, 0) is 48.9 Å². The summed E-state index contributed by atoms with van der Waals surface area (Å²) in [6.45, 7) is 1.53. The van der Waals surface area contributed by atoms with Gasteiger partial charge in [0, 0.05) is 25.5 Å². The first-order chi connectivity index (χ1) is 15.5. The third kappa shape index (κ3) is 6.37. The van der Waals surface area contributed by atoms with Crippen LogP contribution in [0, 0.1) is 12.7 Å². The van der Waals surface area contributed by atoms with E-state index in [1.807, 2.05) is 0 Å². The van der Waals surface area contributed by atoms with E-state index in [1.54, 1.807) is 57.4 Å². The Labute approximate surface area is 190 Å². The third-order valence-electron chi connectivity index (χ3n) is 4.47. The topological polar surface area (TPSA) is 140 Å². The van der Waals surface area contributed by atoms with Crippen LogP contribution in [0.2, 0.25) is 0 Å². The highest BCUT2D eigenvalue weighted by atomic mass is 32.2. The lowest BCUT2D eigenvalue weighted by Gasteiger charge is -2.12. The molecule has 0 fully saturated rings. The number of likely N-dealkylation sites (N-methyl/N-ethyl adjacent to an activating group) is 1. The number of carbonyl (C=O) groups excluding carboxylic acids is 1. The molecule has 3 rings (SSSR count). The van der Waals surface area contributed by atoms with Gasteiger partial charge in [0.15, 0.2) is 18.2 Å². The SMILES string of the molecule is Cc1ccc(Nc2ncc(F)c(Nc3ccc(OCC(=O)N(C)C)cc3)n2)cc1S(N)(=O)=O. The Hall–Kier alpha value is -3.77. The van der Waals surface area contributed by atoms with Gasteiger partial charge in [0.2, 0.25) is 16.0 Å². The highest BCUT2D eigenvalue weighted by Crippen LogP contribution is 2.24. The Bertz CT molecular complexity index is 1270. The molecule has 1 heterocycles. The number of nitrogens with zero attached hydrogens (tertiary/aromatic N) is 3. The molecule has 0 bridgehead atoms. The number of carbonyl (C=O) groups is 1. The number of anilines is 4. The Morgan fingerprint density at radius 1 is 1.12 bits per heavy atom.